The zero-order valence-electron chi connectivity index (χ0n) is 16.8. The van der Waals surface area contributed by atoms with Gasteiger partial charge in [-0.2, -0.15) is 0 Å². The van der Waals surface area contributed by atoms with Crippen molar-refractivity contribution >= 4 is 11.6 Å². The van der Waals surface area contributed by atoms with E-state index < -0.39 is 18.9 Å². The van der Waals surface area contributed by atoms with Crippen molar-refractivity contribution in [2.45, 2.75) is 50.4 Å². The molecule has 7 heteroatoms. The van der Waals surface area contributed by atoms with Crippen LogP contribution in [0.1, 0.15) is 36.0 Å². The molecule has 1 aliphatic heterocycles. The van der Waals surface area contributed by atoms with Crippen LogP contribution in [0.3, 0.4) is 0 Å². The number of ether oxygens (including phenoxy) is 2. The second-order valence-electron chi connectivity index (χ2n) is 7.66. The molecule has 0 bridgehead atoms. The third-order valence-corrected chi connectivity index (χ3v) is 5.61. The van der Waals surface area contributed by atoms with Crippen molar-refractivity contribution in [2.75, 3.05) is 19.9 Å². The molecule has 2 aromatic carbocycles. The molecule has 0 amide bonds. The predicted molar refractivity (Wildman–Crippen MR) is 113 cm³/mol. The lowest BCUT2D eigenvalue weighted by Gasteiger charge is -2.15. The third-order valence-electron chi connectivity index (χ3n) is 5.24. The highest BCUT2D eigenvalue weighted by molar-refractivity contribution is 6.31. The van der Waals surface area contributed by atoms with Gasteiger partial charge in [0.05, 0.1) is 19.3 Å². The summed E-state index contributed by atoms with van der Waals surface area (Å²) in [5, 5.41) is 19.3. The molecule has 2 aromatic rings. The number of rotatable bonds is 11. The van der Waals surface area contributed by atoms with Crippen molar-refractivity contribution in [3.8, 4) is 5.75 Å². The molecule has 30 heavy (non-hydrogen) atoms. The van der Waals surface area contributed by atoms with E-state index in [1.807, 2.05) is 42.5 Å². The number of halogens is 2. The van der Waals surface area contributed by atoms with Crippen LogP contribution in [0.15, 0.2) is 42.5 Å². The van der Waals surface area contributed by atoms with Crippen LogP contribution >= 0.6 is 11.6 Å². The molecule has 164 valence electrons. The molecule has 5 nitrogen and oxygen atoms in total. The third kappa shape index (κ3) is 6.93. The normalized spacial score (nSPS) is 18.3. The lowest BCUT2D eigenvalue weighted by molar-refractivity contribution is -0.285. The van der Waals surface area contributed by atoms with Crippen LogP contribution in [0.25, 0.3) is 0 Å². The average Bonchev–Trinajstić information content (AvgIpc) is 3.27. The Kier molecular flexibility index (Phi) is 8.90. The lowest BCUT2D eigenvalue weighted by Crippen LogP contribution is -2.22. The van der Waals surface area contributed by atoms with E-state index in [0.717, 1.165) is 35.5 Å². The van der Waals surface area contributed by atoms with Crippen LogP contribution in [0.5, 0.6) is 5.75 Å². The SMILES string of the molecule is OOC(CF)CC(O)CCc1ccc(Cl)c(Cc2ccc(OC3CCOC3)cc2)c1. The van der Waals surface area contributed by atoms with Crippen LogP contribution < -0.4 is 4.74 Å². The van der Waals surface area contributed by atoms with Gasteiger partial charge >= 0.3 is 0 Å². The second kappa shape index (κ2) is 11.6. The first-order chi connectivity index (χ1) is 14.6. The highest BCUT2D eigenvalue weighted by Gasteiger charge is 2.17. The number of aliphatic hydroxyl groups excluding tert-OH is 1. The molecule has 1 aliphatic rings. The fourth-order valence-corrected chi connectivity index (χ4v) is 3.70. The van der Waals surface area contributed by atoms with E-state index in [0.29, 0.717) is 30.9 Å². The molecule has 3 unspecified atom stereocenters. The Labute approximate surface area is 181 Å². The van der Waals surface area contributed by atoms with Crippen LogP contribution in [0.2, 0.25) is 5.02 Å². The Balaban J connectivity index is 1.55. The number of hydrogen-bond donors (Lipinski definition) is 2. The van der Waals surface area contributed by atoms with Gasteiger partial charge in [0.15, 0.2) is 0 Å². The first kappa shape index (κ1) is 23.0. The Morgan fingerprint density at radius 2 is 1.93 bits per heavy atom. The van der Waals surface area contributed by atoms with E-state index in [2.05, 4.69) is 4.89 Å². The summed E-state index contributed by atoms with van der Waals surface area (Å²) >= 11 is 6.39. The fourth-order valence-electron chi connectivity index (χ4n) is 3.51. The first-order valence-corrected chi connectivity index (χ1v) is 10.6. The predicted octanol–water partition coefficient (Wildman–Crippen LogP) is 4.61. The van der Waals surface area contributed by atoms with E-state index in [1.54, 1.807) is 0 Å². The highest BCUT2D eigenvalue weighted by Crippen LogP contribution is 2.24. The minimum Gasteiger partial charge on any atom is -0.488 e. The standard InChI is InChI=1S/C23H28ClFO5/c24-23-8-4-16(1-5-19(26)13-22(14-25)30-27)11-18(23)12-17-2-6-20(7-3-17)29-21-9-10-28-15-21/h2-4,6-8,11,19,21-22,26-27H,1,5,9-10,12-15H2. The maximum absolute atomic E-state index is 12.6. The van der Waals surface area contributed by atoms with Gasteiger partial charge in [0, 0.05) is 17.9 Å². The summed E-state index contributed by atoms with van der Waals surface area (Å²) in [7, 11) is 0. The lowest BCUT2D eigenvalue weighted by atomic mass is 9.98. The monoisotopic (exact) mass is 438 g/mol. The maximum atomic E-state index is 12.6. The van der Waals surface area contributed by atoms with Gasteiger partial charge < -0.3 is 14.6 Å². The Bertz CT molecular complexity index is 776. The van der Waals surface area contributed by atoms with E-state index in [-0.39, 0.29) is 12.5 Å². The summed E-state index contributed by atoms with van der Waals surface area (Å²) in [5.41, 5.74) is 3.16. The molecule has 0 saturated carbocycles. The molecule has 3 atom stereocenters. The van der Waals surface area contributed by atoms with Gasteiger partial charge in [-0.15, -0.1) is 0 Å². The summed E-state index contributed by atoms with van der Waals surface area (Å²) in [4.78, 5) is 4.00. The highest BCUT2D eigenvalue weighted by atomic mass is 35.5. The van der Waals surface area contributed by atoms with E-state index in [1.165, 1.54) is 0 Å². The van der Waals surface area contributed by atoms with Gasteiger partial charge in [-0.25, -0.2) is 9.28 Å². The Morgan fingerprint density at radius 3 is 2.60 bits per heavy atom. The maximum Gasteiger partial charge on any atom is 0.124 e. The number of aryl methyl sites for hydroxylation is 1. The molecular weight excluding hydrogens is 411 g/mol. The van der Waals surface area contributed by atoms with Crippen molar-refractivity contribution in [1.29, 1.82) is 0 Å². The van der Waals surface area contributed by atoms with Crippen molar-refractivity contribution in [3.05, 3.63) is 64.2 Å². The molecule has 1 fully saturated rings. The zero-order chi connectivity index (χ0) is 21.3. The largest absolute Gasteiger partial charge is 0.488 e. The van der Waals surface area contributed by atoms with Gasteiger partial charge in [0.2, 0.25) is 0 Å². The number of alkyl halides is 1. The number of aliphatic hydroxyl groups is 1. The van der Waals surface area contributed by atoms with Gasteiger partial charge in [-0.1, -0.05) is 35.9 Å². The van der Waals surface area contributed by atoms with Crippen molar-refractivity contribution in [2.24, 2.45) is 0 Å². The first-order valence-electron chi connectivity index (χ1n) is 10.2. The fraction of sp³-hybridized carbons (Fsp3) is 0.478. The smallest absolute Gasteiger partial charge is 0.124 e. The number of hydrogen-bond acceptors (Lipinski definition) is 5. The van der Waals surface area contributed by atoms with Crippen molar-refractivity contribution < 1.29 is 29.1 Å². The summed E-state index contributed by atoms with van der Waals surface area (Å²) in [6.45, 7) is 0.553. The Morgan fingerprint density at radius 1 is 1.17 bits per heavy atom. The van der Waals surface area contributed by atoms with E-state index in [9.17, 15) is 9.50 Å². The summed E-state index contributed by atoms with van der Waals surface area (Å²) < 4.78 is 23.8. The summed E-state index contributed by atoms with van der Waals surface area (Å²) in [6, 6.07) is 13.8. The molecule has 0 aromatic heterocycles. The molecule has 3 rings (SSSR count). The van der Waals surface area contributed by atoms with Crippen molar-refractivity contribution in [1.82, 2.24) is 0 Å². The van der Waals surface area contributed by atoms with Gasteiger partial charge in [-0.3, -0.25) is 5.26 Å². The number of benzene rings is 2. The minimum atomic E-state index is -0.992. The van der Waals surface area contributed by atoms with Crippen molar-refractivity contribution in [3.63, 3.8) is 0 Å². The van der Waals surface area contributed by atoms with Gasteiger partial charge in [-0.05, 0) is 54.2 Å². The summed E-state index contributed by atoms with van der Waals surface area (Å²) in [6.07, 6.45) is 1.09. The van der Waals surface area contributed by atoms with Gasteiger partial charge in [0.1, 0.15) is 24.6 Å². The Hall–Kier alpha value is -1.70. The molecular formula is C23H28ClFO5. The molecule has 0 spiro atoms. The van der Waals surface area contributed by atoms with Crippen LogP contribution in [0, 0.1) is 0 Å². The molecule has 1 heterocycles. The minimum absolute atomic E-state index is 0.0504. The molecule has 0 radical (unpaired) electrons. The second-order valence-corrected chi connectivity index (χ2v) is 8.07. The molecule has 1 saturated heterocycles. The van der Waals surface area contributed by atoms with Gasteiger partial charge in [0.25, 0.3) is 0 Å². The van der Waals surface area contributed by atoms with E-state index in [4.69, 9.17) is 26.3 Å². The van der Waals surface area contributed by atoms with Crippen LogP contribution in [0.4, 0.5) is 4.39 Å². The molecule has 2 N–H and O–H groups in total. The summed E-state index contributed by atoms with van der Waals surface area (Å²) in [5.74, 6) is 0.835. The van der Waals surface area contributed by atoms with Crippen LogP contribution in [-0.4, -0.2) is 48.6 Å². The zero-order valence-corrected chi connectivity index (χ0v) is 17.6. The van der Waals surface area contributed by atoms with Crippen LogP contribution in [-0.2, 0) is 22.5 Å². The average molecular weight is 439 g/mol. The molecule has 0 aliphatic carbocycles. The van der Waals surface area contributed by atoms with E-state index >= 15 is 0 Å². The quantitative estimate of drug-likeness (QED) is 0.396. The topological polar surface area (TPSA) is 68.2 Å².